The van der Waals surface area contributed by atoms with Crippen molar-refractivity contribution in [1.29, 1.82) is 0 Å². The third-order valence-corrected chi connectivity index (χ3v) is 6.11. The quantitative estimate of drug-likeness (QED) is 0.632. The van der Waals surface area contributed by atoms with E-state index in [9.17, 15) is 14.7 Å². The highest BCUT2D eigenvalue weighted by molar-refractivity contribution is 8.01. The predicted octanol–water partition coefficient (Wildman–Crippen LogP) is 5.65. The minimum absolute atomic E-state index is 0.250. The smallest absolute Gasteiger partial charge is 0.305 e. The van der Waals surface area contributed by atoms with Gasteiger partial charge in [-0.2, -0.15) is 0 Å². The fourth-order valence-electron chi connectivity index (χ4n) is 3.00. The zero-order valence-corrected chi connectivity index (χ0v) is 18.6. The molecule has 0 saturated carbocycles. The highest BCUT2D eigenvalue weighted by Gasteiger charge is 2.35. The van der Waals surface area contributed by atoms with E-state index in [1.807, 2.05) is 39.0 Å². The van der Waals surface area contributed by atoms with Gasteiger partial charge >= 0.3 is 5.97 Å². The molecule has 154 valence electrons. The van der Waals surface area contributed by atoms with Crippen LogP contribution in [0.4, 0.5) is 5.69 Å². The van der Waals surface area contributed by atoms with Gasteiger partial charge in [-0.15, -0.1) is 11.8 Å². The topological polar surface area (TPSA) is 66.8 Å². The van der Waals surface area contributed by atoms with Gasteiger partial charge in [-0.05, 0) is 56.7 Å². The molecule has 1 aliphatic heterocycles. The molecule has 29 heavy (non-hydrogen) atoms. The summed E-state index contributed by atoms with van der Waals surface area (Å²) in [7, 11) is 0. The van der Waals surface area contributed by atoms with Gasteiger partial charge in [0.1, 0.15) is 11.4 Å². The average Bonchev–Trinajstić information content (AvgIpc) is 2.59. The van der Waals surface area contributed by atoms with E-state index < -0.39 is 11.2 Å². The van der Waals surface area contributed by atoms with Crippen LogP contribution >= 0.6 is 35.0 Å². The van der Waals surface area contributed by atoms with Crippen molar-refractivity contribution < 1.29 is 19.4 Å². The maximum atomic E-state index is 13.0. The van der Waals surface area contributed by atoms with Crippen LogP contribution in [-0.4, -0.2) is 27.8 Å². The summed E-state index contributed by atoms with van der Waals surface area (Å²) >= 11 is 13.4. The number of aliphatic carboxylic acids is 1. The number of carbonyl (C=O) groups is 2. The van der Waals surface area contributed by atoms with Crippen LogP contribution in [0.2, 0.25) is 10.0 Å². The molecule has 8 heteroatoms. The maximum absolute atomic E-state index is 13.0. The average molecular weight is 454 g/mol. The molecule has 1 aliphatic rings. The second-order valence-corrected chi connectivity index (χ2v) is 9.78. The second kappa shape index (κ2) is 8.46. The zero-order chi connectivity index (χ0) is 21.3. The molecule has 0 saturated heterocycles. The number of anilines is 1. The summed E-state index contributed by atoms with van der Waals surface area (Å²) in [5.74, 6) is -0.599. The van der Waals surface area contributed by atoms with Crippen LogP contribution in [0.15, 0.2) is 41.3 Å². The minimum Gasteiger partial charge on any atom is -0.488 e. The van der Waals surface area contributed by atoms with Crippen molar-refractivity contribution in [3.8, 4) is 5.75 Å². The van der Waals surface area contributed by atoms with Gasteiger partial charge in [-0.25, -0.2) is 0 Å². The summed E-state index contributed by atoms with van der Waals surface area (Å²) in [5, 5.41) is 9.36. The number of ether oxygens (including phenoxy) is 1. The zero-order valence-electron chi connectivity index (χ0n) is 16.2. The number of carboxylic acids is 1. The van der Waals surface area contributed by atoms with Crippen LogP contribution in [0.5, 0.6) is 5.75 Å². The number of carboxylic acid groups (broad SMARTS) is 1. The molecular formula is C21H21Cl2NO4S. The van der Waals surface area contributed by atoms with Crippen molar-refractivity contribution in [2.75, 3.05) is 4.90 Å². The molecule has 0 aromatic heterocycles. The van der Waals surface area contributed by atoms with E-state index in [-0.39, 0.29) is 24.5 Å². The van der Waals surface area contributed by atoms with Gasteiger partial charge in [0, 0.05) is 4.90 Å². The van der Waals surface area contributed by atoms with E-state index in [0.29, 0.717) is 21.5 Å². The first-order valence-corrected chi connectivity index (χ1v) is 10.6. The number of hydrogen-bond acceptors (Lipinski definition) is 4. The lowest BCUT2D eigenvalue weighted by Gasteiger charge is -2.34. The molecule has 1 amide bonds. The molecule has 5 nitrogen and oxygen atoms in total. The highest BCUT2D eigenvalue weighted by Crippen LogP contribution is 2.43. The first-order valence-electron chi connectivity index (χ1n) is 9.00. The maximum Gasteiger partial charge on any atom is 0.305 e. The molecular weight excluding hydrogens is 433 g/mol. The van der Waals surface area contributed by atoms with Gasteiger partial charge in [0.25, 0.3) is 0 Å². The fourth-order valence-corrected chi connectivity index (χ4v) is 4.56. The number of fused-ring (bicyclic) bond motifs is 1. The molecule has 0 bridgehead atoms. The monoisotopic (exact) mass is 453 g/mol. The number of thioether (sulfide) groups is 1. The van der Waals surface area contributed by atoms with Crippen molar-refractivity contribution in [3.05, 3.63) is 52.0 Å². The SMILES string of the molecule is CC(C)(C)Oc1ccc2c(c1)SC(CC(=O)O)C(=O)N2Cc1ccc(Cl)c(Cl)c1. The Balaban J connectivity index is 1.98. The number of hydrogen-bond donors (Lipinski definition) is 1. The van der Waals surface area contributed by atoms with Gasteiger partial charge < -0.3 is 14.7 Å². The third kappa shape index (κ3) is 5.38. The number of amides is 1. The lowest BCUT2D eigenvalue weighted by Crippen LogP contribution is -2.41. The minimum atomic E-state index is -1.02. The van der Waals surface area contributed by atoms with Crippen molar-refractivity contribution in [3.63, 3.8) is 0 Å². The summed E-state index contributed by atoms with van der Waals surface area (Å²) in [6.45, 7) is 6.12. The summed E-state index contributed by atoms with van der Waals surface area (Å²) in [4.78, 5) is 26.7. The fraction of sp³-hybridized carbons (Fsp3) is 0.333. The number of benzene rings is 2. The Bertz CT molecular complexity index is 958. The van der Waals surface area contributed by atoms with Gasteiger partial charge in [-0.3, -0.25) is 9.59 Å². The number of carbonyl (C=O) groups excluding carboxylic acids is 1. The van der Waals surface area contributed by atoms with Crippen LogP contribution in [0.25, 0.3) is 0 Å². The summed E-state index contributed by atoms with van der Waals surface area (Å²) in [6.07, 6.45) is -0.259. The number of halogens is 2. The predicted molar refractivity (Wildman–Crippen MR) is 116 cm³/mol. The molecule has 1 unspecified atom stereocenters. The lowest BCUT2D eigenvalue weighted by atomic mass is 10.1. The van der Waals surface area contributed by atoms with E-state index >= 15 is 0 Å². The summed E-state index contributed by atoms with van der Waals surface area (Å²) in [5.41, 5.74) is 1.15. The number of rotatable bonds is 5. The highest BCUT2D eigenvalue weighted by atomic mass is 35.5. The molecule has 0 spiro atoms. The first kappa shape index (κ1) is 21.8. The van der Waals surface area contributed by atoms with E-state index in [4.69, 9.17) is 27.9 Å². The van der Waals surface area contributed by atoms with Crippen LogP contribution in [0.1, 0.15) is 32.8 Å². The molecule has 2 aromatic rings. The lowest BCUT2D eigenvalue weighted by molar-refractivity contribution is -0.138. The van der Waals surface area contributed by atoms with E-state index in [1.165, 1.54) is 11.8 Å². The Hall–Kier alpha value is -1.89. The van der Waals surface area contributed by atoms with Gasteiger partial charge in [-0.1, -0.05) is 29.3 Å². The summed E-state index contributed by atoms with van der Waals surface area (Å²) < 4.78 is 5.93. The largest absolute Gasteiger partial charge is 0.488 e. The normalized spacial score (nSPS) is 16.5. The first-order chi connectivity index (χ1) is 13.5. The van der Waals surface area contributed by atoms with E-state index in [0.717, 1.165) is 10.5 Å². The molecule has 1 heterocycles. The molecule has 1 N–H and O–H groups in total. The third-order valence-electron chi connectivity index (χ3n) is 4.14. The van der Waals surface area contributed by atoms with Gasteiger partial charge in [0.05, 0.1) is 33.9 Å². The van der Waals surface area contributed by atoms with Gasteiger partial charge in [0.2, 0.25) is 5.91 Å². The molecule has 3 rings (SSSR count). The van der Waals surface area contributed by atoms with Crippen molar-refractivity contribution in [1.82, 2.24) is 0 Å². The van der Waals surface area contributed by atoms with E-state index in [1.54, 1.807) is 23.1 Å². The van der Waals surface area contributed by atoms with Crippen LogP contribution < -0.4 is 9.64 Å². The Morgan fingerprint density at radius 1 is 1.17 bits per heavy atom. The van der Waals surface area contributed by atoms with Crippen LogP contribution in [0, 0.1) is 0 Å². The molecule has 0 aliphatic carbocycles. The second-order valence-electron chi connectivity index (χ2n) is 7.72. The molecule has 0 fully saturated rings. The Morgan fingerprint density at radius 2 is 1.90 bits per heavy atom. The van der Waals surface area contributed by atoms with Crippen LogP contribution in [-0.2, 0) is 16.1 Å². The Morgan fingerprint density at radius 3 is 2.52 bits per heavy atom. The standard InChI is InChI=1S/C21H21Cl2NO4S/c1-21(2,3)28-13-5-7-16-17(9-13)29-18(10-19(25)26)20(27)24(16)11-12-4-6-14(22)15(23)8-12/h4-9,18H,10-11H2,1-3H3,(H,25,26). The molecule has 1 atom stereocenters. The van der Waals surface area contributed by atoms with Gasteiger partial charge in [0.15, 0.2) is 0 Å². The van der Waals surface area contributed by atoms with Crippen molar-refractivity contribution in [2.24, 2.45) is 0 Å². The Kier molecular flexibility index (Phi) is 6.36. The van der Waals surface area contributed by atoms with Crippen LogP contribution in [0.3, 0.4) is 0 Å². The summed E-state index contributed by atoms with van der Waals surface area (Å²) in [6, 6.07) is 10.7. The van der Waals surface area contributed by atoms with Crippen molar-refractivity contribution >= 4 is 52.5 Å². The van der Waals surface area contributed by atoms with E-state index in [2.05, 4.69) is 0 Å². The number of nitrogens with zero attached hydrogens (tertiary/aromatic N) is 1. The Labute approximate surface area is 183 Å². The molecule has 0 radical (unpaired) electrons. The van der Waals surface area contributed by atoms with Crippen molar-refractivity contribution in [2.45, 2.75) is 49.5 Å². The molecule has 2 aromatic carbocycles.